The van der Waals surface area contributed by atoms with Gasteiger partial charge in [-0.1, -0.05) is 13.8 Å². The minimum atomic E-state index is -4.45. The summed E-state index contributed by atoms with van der Waals surface area (Å²) in [5, 5.41) is 8.44. The van der Waals surface area contributed by atoms with E-state index in [1.165, 1.54) is 6.92 Å². The molecule has 0 saturated heterocycles. The first-order valence-electron chi connectivity index (χ1n) is 4.40. The Morgan fingerprint density at radius 2 is 1.80 bits per heavy atom. The van der Waals surface area contributed by atoms with Gasteiger partial charge in [0.25, 0.3) is 0 Å². The van der Waals surface area contributed by atoms with Gasteiger partial charge in [0, 0.05) is 0 Å². The SMILES string of the molecule is CC.Cc1nc(C(F)(F)F)ccc1C#N. The molecule has 0 aliphatic rings. The molecule has 5 heteroatoms. The molecule has 0 amide bonds. The maximum atomic E-state index is 12.1. The lowest BCUT2D eigenvalue weighted by Crippen LogP contribution is -2.09. The molecule has 0 N–H and O–H groups in total. The number of aromatic nitrogens is 1. The van der Waals surface area contributed by atoms with E-state index in [0.29, 0.717) is 0 Å². The quantitative estimate of drug-likeness (QED) is 0.667. The van der Waals surface area contributed by atoms with Crippen molar-refractivity contribution >= 4 is 0 Å². The zero-order valence-corrected chi connectivity index (χ0v) is 8.68. The Hall–Kier alpha value is -1.57. The predicted octanol–water partition coefficient (Wildman–Crippen LogP) is 3.31. The van der Waals surface area contributed by atoms with E-state index in [1.54, 1.807) is 6.07 Å². The van der Waals surface area contributed by atoms with E-state index in [0.717, 1.165) is 12.1 Å². The van der Waals surface area contributed by atoms with E-state index in [-0.39, 0.29) is 11.3 Å². The van der Waals surface area contributed by atoms with Crippen molar-refractivity contribution in [1.82, 2.24) is 4.98 Å². The molecule has 0 spiro atoms. The molecule has 1 aromatic rings. The first kappa shape index (κ1) is 13.4. The standard InChI is InChI=1S/C8H5F3N2.C2H6/c1-5-6(4-12)2-3-7(13-5)8(9,10)11;1-2/h2-3H,1H3;1-2H3. The van der Waals surface area contributed by atoms with Gasteiger partial charge in [-0.3, -0.25) is 0 Å². The average molecular weight is 216 g/mol. The van der Waals surface area contributed by atoms with Crippen molar-refractivity contribution in [3.8, 4) is 6.07 Å². The zero-order chi connectivity index (χ0) is 12.1. The third-order valence-corrected chi connectivity index (χ3v) is 1.50. The van der Waals surface area contributed by atoms with E-state index in [4.69, 9.17) is 5.26 Å². The second-order valence-electron chi connectivity index (χ2n) is 2.44. The summed E-state index contributed by atoms with van der Waals surface area (Å²) in [4.78, 5) is 3.27. The third kappa shape index (κ3) is 3.58. The molecule has 0 fully saturated rings. The van der Waals surface area contributed by atoms with Crippen LogP contribution in [0.2, 0.25) is 0 Å². The molecule has 0 bridgehead atoms. The highest BCUT2D eigenvalue weighted by Gasteiger charge is 2.32. The second-order valence-corrected chi connectivity index (χ2v) is 2.44. The molecule has 1 aromatic heterocycles. The summed E-state index contributed by atoms with van der Waals surface area (Å²) in [6.45, 7) is 5.37. The van der Waals surface area contributed by atoms with Crippen LogP contribution in [-0.2, 0) is 6.18 Å². The molecular weight excluding hydrogens is 205 g/mol. The lowest BCUT2D eigenvalue weighted by atomic mass is 10.2. The van der Waals surface area contributed by atoms with Gasteiger partial charge < -0.3 is 0 Å². The summed E-state index contributed by atoms with van der Waals surface area (Å²) in [5.41, 5.74) is -0.714. The van der Waals surface area contributed by atoms with Crippen molar-refractivity contribution in [2.24, 2.45) is 0 Å². The van der Waals surface area contributed by atoms with Crippen LogP contribution in [0.1, 0.15) is 30.8 Å². The molecular formula is C10H11F3N2. The summed E-state index contributed by atoms with van der Waals surface area (Å²) < 4.78 is 36.2. The first-order chi connectivity index (χ1) is 6.95. The van der Waals surface area contributed by atoms with Crippen molar-refractivity contribution in [3.63, 3.8) is 0 Å². The molecule has 0 atom stereocenters. The van der Waals surface area contributed by atoms with Gasteiger partial charge in [-0.2, -0.15) is 18.4 Å². The molecule has 15 heavy (non-hydrogen) atoms. The van der Waals surface area contributed by atoms with E-state index in [9.17, 15) is 13.2 Å². The smallest absolute Gasteiger partial charge is 0.247 e. The Kier molecular flexibility index (Phi) is 4.79. The van der Waals surface area contributed by atoms with Crippen LogP contribution in [-0.4, -0.2) is 4.98 Å². The topological polar surface area (TPSA) is 36.7 Å². The predicted molar refractivity (Wildman–Crippen MR) is 50.0 cm³/mol. The third-order valence-electron chi connectivity index (χ3n) is 1.50. The van der Waals surface area contributed by atoms with Crippen LogP contribution in [0.5, 0.6) is 0 Å². The molecule has 1 rings (SSSR count). The Balaban J connectivity index is 0.000000921. The molecule has 0 aliphatic carbocycles. The average Bonchev–Trinajstić information content (AvgIpc) is 2.19. The van der Waals surface area contributed by atoms with Crippen LogP contribution < -0.4 is 0 Å². The number of hydrogen-bond acceptors (Lipinski definition) is 2. The first-order valence-corrected chi connectivity index (χ1v) is 4.40. The van der Waals surface area contributed by atoms with Gasteiger partial charge in [0.05, 0.1) is 11.3 Å². The normalized spacial score (nSPS) is 9.93. The van der Waals surface area contributed by atoms with Crippen LogP contribution in [0.15, 0.2) is 12.1 Å². The van der Waals surface area contributed by atoms with Gasteiger partial charge in [-0.05, 0) is 19.1 Å². The minimum Gasteiger partial charge on any atom is -0.247 e. The summed E-state index contributed by atoms with van der Waals surface area (Å²) in [7, 11) is 0. The fourth-order valence-corrected chi connectivity index (χ4v) is 0.837. The molecule has 0 saturated carbocycles. The van der Waals surface area contributed by atoms with Crippen molar-refractivity contribution in [2.75, 3.05) is 0 Å². The number of pyridine rings is 1. The number of rotatable bonds is 0. The Morgan fingerprint density at radius 3 is 2.13 bits per heavy atom. The highest BCUT2D eigenvalue weighted by atomic mass is 19.4. The van der Waals surface area contributed by atoms with Crippen LogP contribution in [0.25, 0.3) is 0 Å². The fraction of sp³-hybridized carbons (Fsp3) is 0.400. The molecule has 82 valence electrons. The molecule has 0 unspecified atom stereocenters. The van der Waals surface area contributed by atoms with Gasteiger partial charge in [0.1, 0.15) is 11.8 Å². The highest BCUT2D eigenvalue weighted by molar-refractivity contribution is 5.33. The van der Waals surface area contributed by atoms with Crippen molar-refractivity contribution in [2.45, 2.75) is 26.9 Å². The number of nitriles is 1. The van der Waals surface area contributed by atoms with Crippen molar-refractivity contribution in [1.29, 1.82) is 5.26 Å². The van der Waals surface area contributed by atoms with Crippen molar-refractivity contribution in [3.05, 3.63) is 29.1 Å². The van der Waals surface area contributed by atoms with Crippen molar-refractivity contribution < 1.29 is 13.2 Å². The molecule has 0 radical (unpaired) electrons. The van der Waals surface area contributed by atoms with Crippen LogP contribution in [0.4, 0.5) is 13.2 Å². The zero-order valence-electron chi connectivity index (χ0n) is 8.68. The second kappa shape index (κ2) is 5.35. The van der Waals surface area contributed by atoms with E-state index >= 15 is 0 Å². The van der Waals surface area contributed by atoms with E-state index in [1.807, 2.05) is 13.8 Å². The summed E-state index contributed by atoms with van der Waals surface area (Å²) >= 11 is 0. The molecule has 1 heterocycles. The maximum absolute atomic E-state index is 12.1. The maximum Gasteiger partial charge on any atom is 0.433 e. The van der Waals surface area contributed by atoms with E-state index < -0.39 is 11.9 Å². The van der Waals surface area contributed by atoms with Gasteiger partial charge in [-0.15, -0.1) is 0 Å². The molecule has 2 nitrogen and oxygen atoms in total. The summed E-state index contributed by atoms with van der Waals surface area (Å²) in [6.07, 6.45) is -4.45. The van der Waals surface area contributed by atoms with E-state index in [2.05, 4.69) is 4.98 Å². The van der Waals surface area contributed by atoms with Crippen LogP contribution in [0.3, 0.4) is 0 Å². The number of aryl methyl sites for hydroxylation is 1. The van der Waals surface area contributed by atoms with Crippen LogP contribution >= 0.6 is 0 Å². The van der Waals surface area contributed by atoms with Gasteiger partial charge >= 0.3 is 6.18 Å². The number of alkyl halides is 3. The number of nitrogens with zero attached hydrogens (tertiary/aromatic N) is 2. The lowest BCUT2D eigenvalue weighted by Gasteiger charge is -2.06. The Bertz CT molecular complexity index is 364. The monoisotopic (exact) mass is 216 g/mol. The van der Waals surface area contributed by atoms with Gasteiger partial charge in [0.15, 0.2) is 0 Å². The largest absolute Gasteiger partial charge is 0.433 e. The highest BCUT2D eigenvalue weighted by Crippen LogP contribution is 2.27. The van der Waals surface area contributed by atoms with Gasteiger partial charge in [0.2, 0.25) is 0 Å². The molecule has 0 aromatic carbocycles. The van der Waals surface area contributed by atoms with Gasteiger partial charge in [-0.25, -0.2) is 4.98 Å². The lowest BCUT2D eigenvalue weighted by molar-refractivity contribution is -0.141. The summed E-state index contributed by atoms with van der Waals surface area (Å²) in [6, 6.07) is 3.66. The Morgan fingerprint density at radius 1 is 1.27 bits per heavy atom. The van der Waals surface area contributed by atoms with Crippen LogP contribution in [0, 0.1) is 18.3 Å². The molecule has 0 aliphatic heterocycles. The minimum absolute atomic E-state index is 0.0947. The Labute approximate surface area is 86.4 Å². The number of hydrogen-bond donors (Lipinski definition) is 0. The number of halogens is 3. The fourth-order valence-electron chi connectivity index (χ4n) is 0.837. The summed E-state index contributed by atoms with van der Waals surface area (Å²) in [5.74, 6) is 0.